The van der Waals surface area contributed by atoms with Gasteiger partial charge < -0.3 is 33.9 Å². The van der Waals surface area contributed by atoms with Crippen LogP contribution in [0.1, 0.15) is 107 Å². The molecule has 0 radical (unpaired) electrons. The normalized spacial score (nSPS) is 52.1. The molecule has 0 aromatic rings. The second kappa shape index (κ2) is 11.1. The van der Waals surface area contributed by atoms with E-state index in [1.807, 2.05) is 0 Å². The van der Waals surface area contributed by atoms with E-state index in [1.165, 1.54) is 32.6 Å². The maximum atomic E-state index is 12.6. The molecule has 0 aromatic carbocycles. The van der Waals surface area contributed by atoms with E-state index in [4.69, 9.17) is 23.7 Å². The average Bonchev–Trinajstić information content (AvgIpc) is 3.61. The molecule has 8 rings (SSSR count). The van der Waals surface area contributed by atoms with Crippen LogP contribution < -0.4 is 0 Å². The molecule has 0 aromatic heterocycles. The Labute approximate surface area is 288 Å². The van der Waals surface area contributed by atoms with Crippen LogP contribution in [-0.2, 0) is 28.5 Å². The van der Waals surface area contributed by atoms with Gasteiger partial charge >= 0.3 is 5.97 Å². The van der Waals surface area contributed by atoms with Crippen LogP contribution in [0, 0.1) is 50.7 Å². The van der Waals surface area contributed by atoms with E-state index >= 15 is 0 Å². The van der Waals surface area contributed by atoms with Gasteiger partial charge in [0.05, 0.1) is 62.4 Å². The summed E-state index contributed by atoms with van der Waals surface area (Å²) in [5, 5.41) is 23.6. The van der Waals surface area contributed by atoms with Crippen molar-refractivity contribution in [1.82, 2.24) is 4.90 Å². The van der Waals surface area contributed by atoms with Crippen LogP contribution in [0.5, 0.6) is 0 Å². The van der Waals surface area contributed by atoms with Crippen molar-refractivity contribution in [2.24, 2.45) is 50.7 Å². The van der Waals surface area contributed by atoms with Gasteiger partial charge in [-0.05, 0) is 111 Å². The van der Waals surface area contributed by atoms with Gasteiger partial charge in [-0.3, -0.25) is 9.69 Å². The Kier molecular flexibility index (Phi) is 7.93. The van der Waals surface area contributed by atoms with Crippen LogP contribution in [0.15, 0.2) is 0 Å². The van der Waals surface area contributed by atoms with Crippen LogP contribution in [0.25, 0.3) is 0 Å². The second-order valence-corrected chi connectivity index (χ2v) is 19.3. The van der Waals surface area contributed by atoms with Crippen LogP contribution in [-0.4, -0.2) is 102 Å². The molecule has 5 saturated carbocycles. The largest absolute Gasteiger partial charge is 0.457 e. The lowest BCUT2D eigenvalue weighted by atomic mass is 9.41. The summed E-state index contributed by atoms with van der Waals surface area (Å²) in [4.78, 5) is 14.6. The molecule has 0 amide bonds. The van der Waals surface area contributed by atoms with Gasteiger partial charge in [0, 0.05) is 18.9 Å². The van der Waals surface area contributed by atoms with Crippen molar-refractivity contribution in [2.75, 3.05) is 32.9 Å². The van der Waals surface area contributed by atoms with E-state index in [0.717, 1.165) is 52.2 Å². The first kappa shape index (κ1) is 34.3. The fourth-order valence-electron chi connectivity index (χ4n) is 14.3. The lowest BCUT2D eigenvalue weighted by Crippen LogP contribution is -2.60. The summed E-state index contributed by atoms with van der Waals surface area (Å²) in [5.41, 5.74) is -0.943. The molecule has 9 heteroatoms. The zero-order valence-electron chi connectivity index (χ0n) is 30.8. The molecule has 8 aliphatic rings. The Hall–Kier alpha value is -0.810. The summed E-state index contributed by atoms with van der Waals surface area (Å²) in [5.74, 6) is 1.12. The molecule has 3 saturated heterocycles. The summed E-state index contributed by atoms with van der Waals surface area (Å²) < 4.78 is 31.1. The van der Waals surface area contributed by atoms with Gasteiger partial charge in [0.2, 0.25) is 0 Å². The highest BCUT2D eigenvalue weighted by atomic mass is 16.7. The molecule has 272 valence electrons. The van der Waals surface area contributed by atoms with Crippen molar-refractivity contribution in [3.63, 3.8) is 0 Å². The number of rotatable bonds is 6. The monoisotopic (exact) mass is 673 g/mol. The minimum atomic E-state index is -1.25. The van der Waals surface area contributed by atoms with E-state index < -0.39 is 29.9 Å². The minimum absolute atomic E-state index is 0.0504. The molecular weight excluding hydrogens is 610 g/mol. The number of aliphatic hydroxyl groups is 2. The number of aliphatic hydroxyl groups excluding tert-OH is 1. The molecule has 2 N–H and O–H groups in total. The third-order valence-corrected chi connectivity index (χ3v) is 16.6. The molecule has 2 spiro atoms. The Bertz CT molecular complexity index is 1280. The predicted molar refractivity (Wildman–Crippen MR) is 179 cm³/mol. The fraction of sp³-hybridized carbons (Fsp3) is 0.974. The van der Waals surface area contributed by atoms with E-state index in [2.05, 4.69) is 39.5 Å². The molecule has 3 heterocycles. The lowest BCUT2D eigenvalue weighted by molar-refractivity contribution is -0.256. The number of carbonyl (C=O) groups is 1. The van der Waals surface area contributed by atoms with Gasteiger partial charge in [-0.2, -0.15) is 0 Å². The van der Waals surface area contributed by atoms with Gasteiger partial charge in [-0.1, -0.05) is 34.6 Å². The summed E-state index contributed by atoms with van der Waals surface area (Å²) in [6.45, 7) is 21.0. The number of ether oxygens (including phenoxy) is 5. The number of hydrogen-bond acceptors (Lipinski definition) is 9. The van der Waals surface area contributed by atoms with Crippen LogP contribution in [0.3, 0.4) is 0 Å². The average molecular weight is 674 g/mol. The molecule has 0 unspecified atom stereocenters. The zero-order valence-corrected chi connectivity index (χ0v) is 30.8. The van der Waals surface area contributed by atoms with E-state index in [0.29, 0.717) is 29.7 Å². The highest BCUT2D eigenvalue weighted by Gasteiger charge is 2.84. The molecular formula is C39H63NO8. The summed E-state index contributed by atoms with van der Waals surface area (Å²) in [6, 6.07) is 0.508. The van der Waals surface area contributed by atoms with E-state index in [-0.39, 0.29) is 52.0 Å². The molecule has 3 aliphatic heterocycles. The zero-order chi connectivity index (χ0) is 34.2. The van der Waals surface area contributed by atoms with E-state index in [1.54, 1.807) is 13.8 Å². The molecule has 48 heavy (non-hydrogen) atoms. The Morgan fingerprint density at radius 3 is 2.40 bits per heavy atom. The van der Waals surface area contributed by atoms with Gasteiger partial charge in [-0.25, -0.2) is 0 Å². The first-order valence-corrected chi connectivity index (χ1v) is 19.3. The van der Waals surface area contributed by atoms with Crippen molar-refractivity contribution in [2.45, 2.75) is 155 Å². The highest BCUT2D eigenvalue weighted by Crippen LogP contribution is 2.89. The molecule has 5 aliphatic carbocycles. The van der Waals surface area contributed by atoms with Crippen LogP contribution in [0.4, 0.5) is 0 Å². The summed E-state index contributed by atoms with van der Waals surface area (Å²) in [7, 11) is 0. The van der Waals surface area contributed by atoms with Crippen molar-refractivity contribution in [3.8, 4) is 0 Å². The Balaban J connectivity index is 1.03. The van der Waals surface area contributed by atoms with E-state index in [9.17, 15) is 15.0 Å². The van der Waals surface area contributed by atoms with Crippen molar-refractivity contribution >= 4 is 5.97 Å². The van der Waals surface area contributed by atoms with Crippen molar-refractivity contribution < 1.29 is 38.7 Å². The fourth-order valence-corrected chi connectivity index (χ4v) is 14.3. The summed E-state index contributed by atoms with van der Waals surface area (Å²) >= 11 is 0. The predicted octanol–water partition coefficient (Wildman–Crippen LogP) is 4.94. The third-order valence-electron chi connectivity index (χ3n) is 16.6. The number of nitrogens with zero attached hydrogens (tertiary/aromatic N) is 1. The van der Waals surface area contributed by atoms with Crippen molar-refractivity contribution in [3.05, 3.63) is 0 Å². The standard InChI is InChI=1S/C39H63NO8/c1-22-17-25(33(35(5,6)43)46-23(2)41)47-31-30(22)36(7)13-14-39-21-38(39)12-11-28(48-29-18-40(15-16-45-29)24-19-44-20-24)34(3,4)26(38)9-10-27(39)37(36,8)32(31)42/h22,24-33,42-43H,9-21H2,1-8H3/t22-,25-,26+,27+,28+,29+,30+,31+,32+,33+,36-,37-,38-,39+/m1/s1. The van der Waals surface area contributed by atoms with Gasteiger partial charge in [-0.15, -0.1) is 0 Å². The van der Waals surface area contributed by atoms with Crippen LogP contribution >= 0.6 is 0 Å². The topological polar surface area (TPSA) is 107 Å². The molecule has 14 atom stereocenters. The maximum Gasteiger partial charge on any atom is 0.303 e. The molecule has 8 fully saturated rings. The number of carbonyl (C=O) groups excluding carboxylic acids is 1. The Morgan fingerprint density at radius 1 is 1.02 bits per heavy atom. The third kappa shape index (κ3) is 4.55. The van der Waals surface area contributed by atoms with Crippen LogP contribution in [0.2, 0.25) is 0 Å². The first-order valence-electron chi connectivity index (χ1n) is 19.3. The second-order valence-electron chi connectivity index (χ2n) is 19.3. The molecule has 0 bridgehead atoms. The first-order chi connectivity index (χ1) is 22.5. The lowest BCUT2D eigenvalue weighted by Gasteiger charge is -2.64. The molecule has 9 nitrogen and oxygen atoms in total. The van der Waals surface area contributed by atoms with Gasteiger partial charge in [0.1, 0.15) is 0 Å². The minimum Gasteiger partial charge on any atom is -0.457 e. The number of morpholine rings is 1. The SMILES string of the molecule is CC(=O)O[C@@H]([C@H]1C[C@@H](C)[C@H]2[C@H](O1)[C@H](O)[C@@]1(C)[C@@H]3CC[C@H]4C(C)(C)[C@@H](O[C@H]5CN(C6COC6)CCO5)CC[C@@]45C[C@@]35CC[C@]21C)C(C)(C)O. The summed E-state index contributed by atoms with van der Waals surface area (Å²) in [6.07, 6.45) is 6.76. The number of esters is 1. The highest BCUT2D eigenvalue weighted by molar-refractivity contribution is 5.66. The number of fused-ring (bicyclic) bond motifs is 4. The van der Waals surface area contributed by atoms with Gasteiger partial charge in [0.25, 0.3) is 0 Å². The van der Waals surface area contributed by atoms with Crippen molar-refractivity contribution in [1.29, 1.82) is 0 Å². The maximum absolute atomic E-state index is 12.6. The smallest absolute Gasteiger partial charge is 0.303 e. The van der Waals surface area contributed by atoms with Gasteiger partial charge in [0.15, 0.2) is 12.4 Å². The Morgan fingerprint density at radius 2 is 1.73 bits per heavy atom. The number of hydrogen-bond donors (Lipinski definition) is 2. The quantitative estimate of drug-likeness (QED) is 0.379.